The van der Waals surface area contributed by atoms with Gasteiger partial charge in [0.15, 0.2) is 0 Å². The van der Waals surface area contributed by atoms with Crippen molar-refractivity contribution in [2.24, 2.45) is 0 Å². The first-order valence-electron chi connectivity index (χ1n) is 6.11. The van der Waals surface area contributed by atoms with Crippen LogP contribution in [-0.2, 0) is 8.54 Å². The summed E-state index contributed by atoms with van der Waals surface area (Å²) in [6.07, 6.45) is 0. The molecule has 2 unspecified atom stereocenters. The average molecular weight is 275 g/mol. The zero-order chi connectivity index (χ0) is 13.7. The van der Waals surface area contributed by atoms with E-state index >= 15 is 0 Å². The first-order valence-corrected chi connectivity index (χ1v) is 10.1. The van der Waals surface area contributed by atoms with E-state index in [1.807, 2.05) is 34.6 Å². The molecule has 0 aromatic carbocycles. The van der Waals surface area contributed by atoms with Crippen LogP contribution in [0.2, 0.25) is 11.1 Å². The van der Waals surface area contributed by atoms with Gasteiger partial charge in [0.1, 0.15) is 0 Å². The second-order valence-electron chi connectivity index (χ2n) is 4.73. The Labute approximate surface area is 108 Å². The summed E-state index contributed by atoms with van der Waals surface area (Å²) in [4.78, 5) is 10.5. The predicted molar refractivity (Wildman–Crippen MR) is 77.0 cm³/mol. The molecule has 0 amide bonds. The fraction of sp³-hybridized carbons (Fsp3) is 0.667. The van der Waals surface area contributed by atoms with Gasteiger partial charge in [0, 0.05) is 17.7 Å². The molecule has 1 N–H and O–H groups in total. The molecule has 0 saturated carbocycles. The summed E-state index contributed by atoms with van der Waals surface area (Å²) in [5.41, 5.74) is 3.60. The van der Waals surface area contributed by atoms with E-state index in [1.165, 1.54) is 0 Å². The van der Waals surface area contributed by atoms with E-state index in [4.69, 9.17) is 8.54 Å². The smallest absolute Gasteiger partial charge is 0.358 e. The molecule has 0 heterocycles. The van der Waals surface area contributed by atoms with Crippen LogP contribution in [0, 0.1) is 0 Å². The first kappa shape index (κ1) is 16.8. The fourth-order valence-electron chi connectivity index (χ4n) is 1.53. The molecule has 0 fully saturated rings. The first-order chi connectivity index (χ1) is 7.78. The molecule has 0 aromatic rings. The third-order valence-electron chi connectivity index (χ3n) is 2.90. The standard InChI is InChI=1S/C12H26O3Si2/c1-8-14-17(10-3,12(6)7)15-16(13,9-2)11(4)5/h9-13H,2-3,8H2,1,4-7H3. The molecule has 0 radical (unpaired) electrons. The molecule has 17 heavy (non-hydrogen) atoms. The van der Waals surface area contributed by atoms with E-state index in [9.17, 15) is 4.80 Å². The normalized spacial score (nSPS) is 18.8. The Balaban J connectivity index is 5.21. The van der Waals surface area contributed by atoms with E-state index in [0.717, 1.165) is 0 Å². The molecule has 0 aliphatic rings. The van der Waals surface area contributed by atoms with Crippen molar-refractivity contribution >= 4 is 17.1 Å². The lowest BCUT2D eigenvalue weighted by Gasteiger charge is -2.38. The van der Waals surface area contributed by atoms with Crippen LogP contribution in [-0.4, -0.2) is 28.5 Å². The van der Waals surface area contributed by atoms with Crippen LogP contribution in [0.15, 0.2) is 24.6 Å². The van der Waals surface area contributed by atoms with Crippen molar-refractivity contribution < 1.29 is 13.3 Å². The Morgan fingerprint density at radius 1 is 1.12 bits per heavy atom. The van der Waals surface area contributed by atoms with Crippen LogP contribution in [0.1, 0.15) is 34.6 Å². The predicted octanol–water partition coefficient (Wildman–Crippen LogP) is 3.19. The van der Waals surface area contributed by atoms with E-state index in [1.54, 1.807) is 11.4 Å². The summed E-state index contributed by atoms with van der Waals surface area (Å²) in [6, 6.07) is 0. The lowest BCUT2D eigenvalue weighted by Crippen LogP contribution is -2.55. The van der Waals surface area contributed by atoms with Gasteiger partial charge in [-0.25, -0.2) is 0 Å². The van der Waals surface area contributed by atoms with Crippen molar-refractivity contribution in [3.63, 3.8) is 0 Å². The highest BCUT2D eigenvalue weighted by molar-refractivity contribution is 6.86. The molecule has 2 atom stereocenters. The lowest BCUT2D eigenvalue weighted by atomic mass is 10.6. The maximum Gasteiger partial charge on any atom is 0.358 e. The molecular weight excluding hydrogens is 248 g/mol. The van der Waals surface area contributed by atoms with Gasteiger partial charge in [-0.3, -0.25) is 0 Å². The van der Waals surface area contributed by atoms with Crippen molar-refractivity contribution in [1.82, 2.24) is 0 Å². The van der Waals surface area contributed by atoms with E-state index in [-0.39, 0.29) is 11.1 Å². The molecule has 0 aliphatic heterocycles. The van der Waals surface area contributed by atoms with Gasteiger partial charge < -0.3 is 13.3 Å². The monoisotopic (exact) mass is 274 g/mol. The summed E-state index contributed by atoms with van der Waals surface area (Å²) in [6.45, 7) is 18.0. The van der Waals surface area contributed by atoms with Crippen LogP contribution >= 0.6 is 0 Å². The largest absolute Gasteiger partial charge is 0.408 e. The highest BCUT2D eigenvalue weighted by atomic mass is 28.5. The Morgan fingerprint density at radius 3 is 1.88 bits per heavy atom. The topological polar surface area (TPSA) is 38.7 Å². The van der Waals surface area contributed by atoms with Gasteiger partial charge in [0.2, 0.25) is 0 Å². The van der Waals surface area contributed by atoms with E-state index in [2.05, 4.69) is 13.2 Å². The van der Waals surface area contributed by atoms with Crippen molar-refractivity contribution in [3.05, 3.63) is 24.6 Å². The average Bonchev–Trinajstić information content (AvgIpc) is 2.27. The van der Waals surface area contributed by atoms with Gasteiger partial charge in [-0.15, -0.1) is 13.2 Å². The second-order valence-corrected chi connectivity index (χ2v) is 11.9. The van der Waals surface area contributed by atoms with Gasteiger partial charge >= 0.3 is 17.1 Å². The molecular formula is C12H26O3Si2. The molecule has 0 bridgehead atoms. The molecule has 0 spiro atoms. The summed E-state index contributed by atoms with van der Waals surface area (Å²) >= 11 is 0. The Morgan fingerprint density at radius 2 is 1.65 bits per heavy atom. The minimum Gasteiger partial charge on any atom is -0.408 e. The maximum atomic E-state index is 10.5. The van der Waals surface area contributed by atoms with Gasteiger partial charge in [-0.2, -0.15) is 0 Å². The van der Waals surface area contributed by atoms with Crippen LogP contribution in [0.3, 0.4) is 0 Å². The third-order valence-corrected chi connectivity index (χ3v) is 10.6. The Hall–Kier alpha value is -0.206. The maximum absolute atomic E-state index is 10.5. The molecule has 0 rings (SSSR count). The highest BCUT2D eigenvalue weighted by Crippen LogP contribution is 2.32. The molecule has 5 heteroatoms. The quantitative estimate of drug-likeness (QED) is 0.691. The minimum atomic E-state index is -2.93. The number of hydrogen-bond acceptors (Lipinski definition) is 3. The van der Waals surface area contributed by atoms with Gasteiger partial charge in [0.05, 0.1) is 0 Å². The van der Waals surface area contributed by atoms with E-state index < -0.39 is 17.1 Å². The highest BCUT2D eigenvalue weighted by Gasteiger charge is 2.48. The zero-order valence-electron chi connectivity index (χ0n) is 11.7. The Bertz CT molecular complexity index is 268. The van der Waals surface area contributed by atoms with E-state index in [0.29, 0.717) is 6.61 Å². The van der Waals surface area contributed by atoms with Gasteiger partial charge in [-0.1, -0.05) is 39.1 Å². The Kier molecular flexibility index (Phi) is 6.57. The molecule has 3 nitrogen and oxygen atoms in total. The van der Waals surface area contributed by atoms with Crippen molar-refractivity contribution in [3.8, 4) is 0 Å². The summed E-state index contributed by atoms with van der Waals surface area (Å²) in [5.74, 6) is 0. The zero-order valence-corrected chi connectivity index (χ0v) is 13.7. The molecule has 0 saturated heterocycles. The number of rotatable bonds is 8. The van der Waals surface area contributed by atoms with Crippen LogP contribution < -0.4 is 0 Å². The van der Waals surface area contributed by atoms with Crippen LogP contribution in [0.5, 0.6) is 0 Å². The van der Waals surface area contributed by atoms with Crippen molar-refractivity contribution in [2.45, 2.75) is 45.7 Å². The second kappa shape index (κ2) is 6.65. The number of hydrogen-bond donors (Lipinski definition) is 1. The molecule has 0 aliphatic carbocycles. The summed E-state index contributed by atoms with van der Waals surface area (Å²) in [7, 11) is -5.49. The fourth-order valence-corrected chi connectivity index (χ4v) is 8.20. The van der Waals surface area contributed by atoms with Crippen molar-refractivity contribution in [2.75, 3.05) is 6.61 Å². The summed E-state index contributed by atoms with van der Waals surface area (Å²) in [5, 5.41) is 0. The van der Waals surface area contributed by atoms with Crippen LogP contribution in [0.25, 0.3) is 0 Å². The third kappa shape index (κ3) is 3.89. The molecule has 0 aromatic heterocycles. The SMILES string of the molecule is C=C[Si](O)(O[Si](C=C)(OCC)C(C)C)C(C)C. The van der Waals surface area contributed by atoms with Gasteiger partial charge in [0.25, 0.3) is 0 Å². The molecule has 100 valence electrons. The minimum absolute atomic E-state index is 0.0473. The summed E-state index contributed by atoms with van der Waals surface area (Å²) < 4.78 is 11.9. The van der Waals surface area contributed by atoms with Crippen molar-refractivity contribution in [1.29, 1.82) is 0 Å². The lowest BCUT2D eigenvalue weighted by molar-refractivity contribution is 0.228. The van der Waals surface area contributed by atoms with Crippen LogP contribution in [0.4, 0.5) is 0 Å². The van der Waals surface area contributed by atoms with Gasteiger partial charge in [-0.05, 0) is 6.92 Å².